The molecule has 21 heavy (non-hydrogen) atoms. The minimum atomic E-state index is -3.47. The normalized spacial score (nSPS) is 23.0. The molecule has 1 aromatic rings. The summed E-state index contributed by atoms with van der Waals surface area (Å²) in [6, 6.07) is 3.88. The number of halogens is 1. The maximum absolute atomic E-state index is 12.8. The lowest BCUT2D eigenvalue weighted by Gasteiger charge is -2.30. The fraction of sp³-hybridized carbons (Fsp3) is 0.533. The van der Waals surface area contributed by atoms with E-state index in [1.54, 1.807) is 0 Å². The van der Waals surface area contributed by atoms with Crippen LogP contribution >= 0.6 is 11.6 Å². The summed E-state index contributed by atoms with van der Waals surface area (Å²) >= 11 is 5.89. The number of rotatable bonds is 4. The van der Waals surface area contributed by atoms with E-state index in [1.165, 1.54) is 18.2 Å². The Morgan fingerprint density at radius 2 is 2.00 bits per heavy atom. The third kappa shape index (κ3) is 3.24. The van der Waals surface area contributed by atoms with Gasteiger partial charge in [-0.25, -0.2) is 13.2 Å². The predicted octanol–water partition coefficient (Wildman–Crippen LogP) is 3.78. The summed E-state index contributed by atoms with van der Waals surface area (Å²) in [6.45, 7) is 2.01. The Morgan fingerprint density at radius 3 is 2.57 bits per heavy atom. The van der Waals surface area contributed by atoms with E-state index in [-0.39, 0.29) is 26.6 Å². The zero-order chi connectivity index (χ0) is 15.6. The molecule has 2 atom stereocenters. The molecular weight excluding hydrogens is 312 g/mol. The highest BCUT2D eigenvalue weighted by atomic mass is 35.5. The van der Waals surface area contributed by atoms with Crippen LogP contribution in [-0.2, 0) is 9.84 Å². The number of carboxylic acids is 1. The standard InChI is InChI=1S/C15H19ClO4S/c1-2-10-5-3-4-6-14(10)21(19,20)11-7-8-12(15(17)18)13(16)9-11/h7-10,14H,2-6H2,1H3,(H,17,18). The molecule has 4 nitrogen and oxygen atoms in total. The fourth-order valence-electron chi connectivity index (χ4n) is 3.07. The SMILES string of the molecule is CCC1CCCCC1S(=O)(=O)c1ccc(C(=O)O)c(Cl)c1. The van der Waals surface area contributed by atoms with E-state index in [4.69, 9.17) is 16.7 Å². The van der Waals surface area contributed by atoms with Gasteiger partial charge in [0, 0.05) is 0 Å². The first-order valence-corrected chi connectivity index (χ1v) is 9.07. The van der Waals surface area contributed by atoms with Crippen LogP contribution in [0.5, 0.6) is 0 Å². The average Bonchev–Trinajstić information content (AvgIpc) is 2.46. The Labute approximate surface area is 130 Å². The van der Waals surface area contributed by atoms with E-state index in [0.717, 1.165) is 25.7 Å². The van der Waals surface area contributed by atoms with Crippen LogP contribution in [0.15, 0.2) is 23.1 Å². The second-order valence-electron chi connectivity index (χ2n) is 5.48. The molecule has 0 amide bonds. The summed E-state index contributed by atoms with van der Waals surface area (Å²) in [4.78, 5) is 11.1. The largest absolute Gasteiger partial charge is 0.478 e. The second-order valence-corrected chi connectivity index (χ2v) is 8.06. The van der Waals surface area contributed by atoms with E-state index < -0.39 is 15.8 Å². The maximum Gasteiger partial charge on any atom is 0.337 e. The molecule has 1 aromatic carbocycles. The monoisotopic (exact) mass is 330 g/mol. The summed E-state index contributed by atoms with van der Waals surface area (Å²) in [5, 5.41) is 8.53. The summed E-state index contributed by atoms with van der Waals surface area (Å²) in [7, 11) is -3.47. The molecule has 2 unspecified atom stereocenters. The van der Waals surface area contributed by atoms with Crippen molar-refractivity contribution in [1.29, 1.82) is 0 Å². The minimum Gasteiger partial charge on any atom is -0.478 e. The number of hydrogen-bond donors (Lipinski definition) is 1. The Kier molecular flexibility index (Phi) is 4.94. The average molecular weight is 331 g/mol. The van der Waals surface area contributed by atoms with Crippen molar-refractivity contribution in [3.63, 3.8) is 0 Å². The Bertz CT molecular complexity index is 639. The molecule has 0 aromatic heterocycles. The summed E-state index contributed by atoms with van der Waals surface area (Å²) in [5.41, 5.74) is -0.0775. The van der Waals surface area contributed by atoms with Gasteiger partial charge in [-0.2, -0.15) is 0 Å². The van der Waals surface area contributed by atoms with E-state index in [9.17, 15) is 13.2 Å². The van der Waals surface area contributed by atoms with Gasteiger partial charge >= 0.3 is 5.97 Å². The van der Waals surface area contributed by atoms with Gasteiger partial charge in [-0.3, -0.25) is 0 Å². The van der Waals surface area contributed by atoms with Crippen LogP contribution in [0.4, 0.5) is 0 Å². The third-order valence-corrected chi connectivity index (χ3v) is 6.90. The number of benzene rings is 1. The van der Waals surface area contributed by atoms with Crippen molar-refractivity contribution in [3.05, 3.63) is 28.8 Å². The molecule has 6 heteroatoms. The van der Waals surface area contributed by atoms with Gasteiger partial charge in [0.1, 0.15) is 0 Å². The number of aromatic carboxylic acids is 1. The third-order valence-electron chi connectivity index (χ3n) is 4.26. The van der Waals surface area contributed by atoms with Crippen LogP contribution in [0.1, 0.15) is 49.4 Å². The zero-order valence-corrected chi connectivity index (χ0v) is 13.5. The first-order chi connectivity index (χ1) is 9.87. The Morgan fingerprint density at radius 1 is 1.33 bits per heavy atom. The van der Waals surface area contributed by atoms with Crippen LogP contribution in [0, 0.1) is 5.92 Å². The Hall–Kier alpha value is -1.07. The second kappa shape index (κ2) is 6.36. The molecular formula is C15H19ClO4S. The molecule has 0 bridgehead atoms. The van der Waals surface area contributed by atoms with Crippen LogP contribution in [-0.4, -0.2) is 24.7 Å². The summed E-state index contributed by atoms with van der Waals surface area (Å²) in [5.74, 6) is -0.991. The Balaban J connectivity index is 2.39. The van der Waals surface area contributed by atoms with Gasteiger partial charge < -0.3 is 5.11 Å². The van der Waals surface area contributed by atoms with Gasteiger partial charge in [0.05, 0.1) is 20.7 Å². The highest BCUT2D eigenvalue weighted by Crippen LogP contribution is 2.35. The van der Waals surface area contributed by atoms with Crippen molar-refractivity contribution in [3.8, 4) is 0 Å². The van der Waals surface area contributed by atoms with Crippen LogP contribution in [0.25, 0.3) is 0 Å². The highest BCUT2D eigenvalue weighted by molar-refractivity contribution is 7.92. The van der Waals surface area contributed by atoms with Crippen LogP contribution in [0.3, 0.4) is 0 Å². The van der Waals surface area contributed by atoms with Crippen molar-refractivity contribution >= 4 is 27.4 Å². The van der Waals surface area contributed by atoms with Gasteiger partial charge in [-0.05, 0) is 37.0 Å². The molecule has 0 spiro atoms. The topological polar surface area (TPSA) is 71.4 Å². The quantitative estimate of drug-likeness (QED) is 0.911. The lowest BCUT2D eigenvalue weighted by atomic mass is 9.87. The molecule has 1 aliphatic carbocycles. The highest BCUT2D eigenvalue weighted by Gasteiger charge is 2.35. The van der Waals surface area contributed by atoms with Crippen molar-refractivity contribution in [2.45, 2.75) is 49.2 Å². The molecule has 1 aliphatic rings. The van der Waals surface area contributed by atoms with Crippen LogP contribution < -0.4 is 0 Å². The number of carbonyl (C=O) groups is 1. The van der Waals surface area contributed by atoms with Gasteiger partial charge in [0.15, 0.2) is 9.84 Å². The van der Waals surface area contributed by atoms with E-state index in [0.29, 0.717) is 6.42 Å². The van der Waals surface area contributed by atoms with Crippen molar-refractivity contribution in [2.24, 2.45) is 5.92 Å². The van der Waals surface area contributed by atoms with Crippen molar-refractivity contribution in [2.75, 3.05) is 0 Å². The fourth-order valence-corrected chi connectivity index (χ4v) is 5.60. The minimum absolute atomic E-state index is 0.0348. The van der Waals surface area contributed by atoms with Crippen LogP contribution in [0.2, 0.25) is 5.02 Å². The number of sulfone groups is 1. The lowest BCUT2D eigenvalue weighted by molar-refractivity contribution is 0.0697. The molecule has 1 N–H and O–H groups in total. The molecule has 0 heterocycles. The molecule has 0 aliphatic heterocycles. The predicted molar refractivity (Wildman–Crippen MR) is 81.6 cm³/mol. The molecule has 2 rings (SSSR count). The van der Waals surface area contributed by atoms with Crippen molar-refractivity contribution in [1.82, 2.24) is 0 Å². The summed E-state index contributed by atoms with van der Waals surface area (Å²) in [6.07, 6.45) is 4.43. The summed E-state index contributed by atoms with van der Waals surface area (Å²) < 4.78 is 25.6. The first-order valence-electron chi connectivity index (χ1n) is 7.14. The molecule has 0 saturated heterocycles. The van der Waals surface area contributed by atoms with Gasteiger partial charge in [0.2, 0.25) is 0 Å². The molecule has 1 saturated carbocycles. The van der Waals surface area contributed by atoms with Gasteiger partial charge in [0.25, 0.3) is 0 Å². The lowest BCUT2D eigenvalue weighted by Crippen LogP contribution is -2.32. The van der Waals surface area contributed by atoms with E-state index in [2.05, 4.69) is 0 Å². The first kappa shape index (κ1) is 16.3. The van der Waals surface area contributed by atoms with E-state index >= 15 is 0 Å². The van der Waals surface area contributed by atoms with Gasteiger partial charge in [-0.1, -0.05) is 37.8 Å². The van der Waals surface area contributed by atoms with E-state index in [1.807, 2.05) is 6.92 Å². The van der Waals surface area contributed by atoms with Gasteiger partial charge in [-0.15, -0.1) is 0 Å². The number of carboxylic acid groups (broad SMARTS) is 1. The smallest absolute Gasteiger partial charge is 0.337 e. The maximum atomic E-state index is 12.8. The zero-order valence-electron chi connectivity index (χ0n) is 11.9. The number of hydrogen-bond acceptors (Lipinski definition) is 3. The molecule has 0 radical (unpaired) electrons. The molecule has 116 valence electrons. The molecule has 1 fully saturated rings. The van der Waals surface area contributed by atoms with Crippen molar-refractivity contribution < 1.29 is 18.3 Å².